The van der Waals surface area contributed by atoms with Gasteiger partial charge in [0, 0.05) is 37.8 Å². The summed E-state index contributed by atoms with van der Waals surface area (Å²) in [5.41, 5.74) is 3.83. The fourth-order valence-electron chi connectivity index (χ4n) is 3.76. The van der Waals surface area contributed by atoms with E-state index in [1.807, 2.05) is 12.1 Å². The monoisotopic (exact) mass is 372 g/mol. The van der Waals surface area contributed by atoms with E-state index in [-0.39, 0.29) is 0 Å². The van der Waals surface area contributed by atoms with Crippen molar-refractivity contribution in [1.82, 2.24) is 9.80 Å². The minimum Gasteiger partial charge on any atom is -0.305 e. The number of hydrogen-bond acceptors (Lipinski definition) is 4. The molecule has 140 valence electrons. The first kappa shape index (κ1) is 19.1. The molecule has 0 aliphatic carbocycles. The van der Waals surface area contributed by atoms with Gasteiger partial charge < -0.3 is 4.90 Å². The number of aryl methyl sites for hydroxylation is 1. The largest absolute Gasteiger partial charge is 0.305 e. The molecule has 3 rings (SSSR count). The maximum Gasteiger partial charge on any atom is 0.175 e. The number of rotatable bonds is 5. The van der Waals surface area contributed by atoms with E-state index in [0.29, 0.717) is 16.9 Å². The summed E-state index contributed by atoms with van der Waals surface area (Å²) in [6.07, 6.45) is 1.25. The van der Waals surface area contributed by atoms with Gasteiger partial charge in [-0.15, -0.1) is 0 Å². The summed E-state index contributed by atoms with van der Waals surface area (Å²) in [6, 6.07) is 16.6. The molecule has 1 saturated heterocycles. The van der Waals surface area contributed by atoms with Gasteiger partial charge in [0.25, 0.3) is 0 Å². The average molecular weight is 373 g/mol. The highest BCUT2D eigenvalue weighted by atomic mass is 32.2. The number of hydrogen-bond donors (Lipinski definition) is 0. The molecule has 1 fully saturated rings. The maximum atomic E-state index is 11.6. The van der Waals surface area contributed by atoms with E-state index in [1.54, 1.807) is 12.1 Å². The lowest BCUT2D eigenvalue weighted by atomic mass is 9.93. The SMILES string of the molecule is Cc1ccc([C@@H]2CN(Cc3ccc(S(C)(=O)=O)cc3)C[C@H]2N(C)C)cc1. The predicted molar refractivity (Wildman–Crippen MR) is 106 cm³/mol. The molecule has 26 heavy (non-hydrogen) atoms. The molecule has 0 unspecified atom stereocenters. The first-order chi connectivity index (χ1) is 12.2. The van der Waals surface area contributed by atoms with Crippen LogP contribution in [0.15, 0.2) is 53.4 Å². The van der Waals surface area contributed by atoms with E-state index in [1.165, 1.54) is 17.4 Å². The first-order valence-corrected chi connectivity index (χ1v) is 10.9. The highest BCUT2D eigenvalue weighted by Gasteiger charge is 2.34. The van der Waals surface area contributed by atoms with Gasteiger partial charge in [-0.25, -0.2) is 8.42 Å². The molecule has 2 aromatic rings. The zero-order valence-electron chi connectivity index (χ0n) is 16.0. The number of likely N-dealkylation sites (N-methyl/N-ethyl adjacent to an activating group) is 1. The zero-order chi connectivity index (χ0) is 18.9. The predicted octanol–water partition coefficient (Wildman–Crippen LogP) is 2.93. The second-order valence-electron chi connectivity index (χ2n) is 7.66. The molecule has 0 amide bonds. The minimum absolute atomic E-state index is 0.381. The molecule has 0 radical (unpaired) electrons. The zero-order valence-corrected chi connectivity index (χ0v) is 16.8. The average Bonchev–Trinajstić information content (AvgIpc) is 2.99. The van der Waals surface area contributed by atoms with Crippen molar-refractivity contribution in [2.75, 3.05) is 33.4 Å². The van der Waals surface area contributed by atoms with Gasteiger partial charge in [-0.3, -0.25) is 4.90 Å². The van der Waals surface area contributed by atoms with Gasteiger partial charge in [0.1, 0.15) is 0 Å². The first-order valence-electron chi connectivity index (χ1n) is 8.98. The molecule has 1 heterocycles. The Kier molecular flexibility index (Phi) is 5.51. The fraction of sp³-hybridized carbons (Fsp3) is 0.429. The molecule has 1 aliphatic rings. The maximum absolute atomic E-state index is 11.6. The third kappa shape index (κ3) is 4.34. The summed E-state index contributed by atoms with van der Waals surface area (Å²) in [6.45, 7) is 4.99. The highest BCUT2D eigenvalue weighted by Crippen LogP contribution is 2.31. The van der Waals surface area contributed by atoms with Crippen molar-refractivity contribution >= 4 is 9.84 Å². The number of benzene rings is 2. The van der Waals surface area contributed by atoms with Gasteiger partial charge in [0.15, 0.2) is 9.84 Å². The van der Waals surface area contributed by atoms with Gasteiger partial charge in [0.05, 0.1) is 4.90 Å². The molecular formula is C21H28N2O2S. The lowest BCUT2D eigenvalue weighted by Gasteiger charge is -2.25. The summed E-state index contributed by atoms with van der Waals surface area (Å²) >= 11 is 0. The third-order valence-corrected chi connectivity index (χ3v) is 6.42. The van der Waals surface area contributed by atoms with Crippen molar-refractivity contribution in [1.29, 1.82) is 0 Å². The molecule has 0 N–H and O–H groups in total. The third-order valence-electron chi connectivity index (χ3n) is 5.29. The second-order valence-corrected chi connectivity index (χ2v) is 9.67. The quantitative estimate of drug-likeness (QED) is 0.809. The normalized spacial score (nSPS) is 21.4. The Labute approximate surface area is 157 Å². The molecule has 1 aliphatic heterocycles. The van der Waals surface area contributed by atoms with Crippen LogP contribution in [0, 0.1) is 6.92 Å². The highest BCUT2D eigenvalue weighted by molar-refractivity contribution is 7.90. The molecule has 5 heteroatoms. The van der Waals surface area contributed by atoms with Crippen molar-refractivity contribution in [2.24, 2.45) is 0 Å². The Balaban J connectivity index is 1.74. The van der Waals surface area contributed by atoms with Gasteiger partial charge in [-0.05, 0) is 44.3 Å². The number of likely N-dealkylation sites (tertiary alicyclic amines) is 1. The van der Waals surface area contributed by atoms with E-state index < -0.39 is 9.84 Å². The summed E-state index contributed by atoms with van der Waals surface area (Å²) in [5, 5.41) is 0. The molecule has 0 saturated carbocycles. The summed E-state index contributed by atoms with van der Waals surface area (Å²) < 4.78 is 23.2. The van der Waals surface area contributed by atoms with Crippen molar-refractivity contribution in [3.8, 4) is 0 Å². The van der Waals surface area contributed by atoms with E-state index in [2.05, 4.69) is 55.1 Å². The Morgan fingerprint density at radius 2 is 1.62 bits per heavy atom. The van der Waals surface area contributed by atoms with E-state index in [4.69, 9.17) is 0 Å². The molecule has 0 bridgehead atoms. The second kappa shape index (κ2) is 7.51. The number of sulfone groups is 1. The van der Waals surface area contributed by atoms with Crippen LogP contribution in [0.3, 0.4) is 0 Å². The van der Waals surface area contributed by atoms with Crippen LogP contribution in [-0.2, 0) is 16.4 Å². The van der Waals surface area contributed by atoms with Crippen LogP contribution in [0.4, 0.5) is 0 Å². The van der Waals surface area contributed by atoms with Crippen molar-refractivity contribution in [3.63, 3.8) is 0 Å². The van der Waals surface area contributed by atoms with Gasteiger partial charge in [-0.1, -0.05) is 42.0 Å². The van der Waals surface area contributed by atoms with Crippen molar-refractivity contribution < 1.29 is 8.42 Å². The van der Waals surface area contributed by atoms with Crippen LogP contribution in [0.25, 0.3) is 0 Å². The Bertz CT molecular complexity index is 843. The summed E-state index contributed by atoms with van der Waals surface area (Å²) in [4.78, 5) is 5.16. The molecule has 2 atom stereocenters. The van der Waals surface area contributed by atoms with Gasteiger partial charge in [0.2, 0.25) is 0 Å². The van der Waals surface area contributed by atoms with Crippen LogP contribution in [-0.4, -0.2) is 57.7 Å². The lowest BCUT2D eigenvalue weighted by Crippen LogP contribution is -2.34. The topological polar surface area (TPSA) is 40.6 Å². The smallest absolute Gasteiger partial charge is 0.175 e. The molecule has 4 nitrogen and oxygen atoms in total. The number of nitrogens with zero attached hydrogens (tertiary/aromatic N) is 2. The molecular weight excluding hydrogens is 344 g/mol. The Morgan fingerprint density at radius 1 is 1.00 bits per heavy atom. The van der Waals surface area contributed by atoms with E-state index in [9.17, 15) is 8.42 Å². The molecule has 0 spiro atoms. The Hall–Kier alpha value is -1.69. The fourth-order valence-corrected chi connectivity index (χ4v) is 4.39. The van der Waals surface area contributed by atoms with Crippen LogP contribution in [0.2, 0.25) is 0 Å². The standard InChI is InChI=1S/C21H28N2O2S/c1-16-5-9-18(10-6-16)20-14-23(15-21(20)22(2)3)13-17-7-11-19(12-8-17)26(4,24)25/h5-12,20-21H,13-15H2,1-4H3/t20-,21+/m0/s1. The minimum atomic E-state index is -3.14. The van der Waals surface area contributed by atoms with Crippen molar-refractivity contribution in [2.45, 2.75) is 30.3 Å². The van der Waals surface area contributed by atoms with Crippen molar-refractivity contribution in [3.05, 3.63) is 65.2 Å². The Morgan fingerprint density at radius 3 is 2.15 bits per heavy atom. The van der Waals surface area contributed by atoms with E-state index >= 15 is 0 Å². The molecule has 2 aromatic carbocycles. The summed E-state index contributed by atoms with van der Waals surface area (Å²) in [5.74, 6) is 0.487. The van der Waals surface area contributed by atoms with Crippen LogP contribution < -0.4 is 0 Å². The van der Waals surface area contributed by atoms with Crippen LogP contribution >= 0.6 is 0 Å². The molecule has 0 aromatic heterocycles. The lowest BCUT2D eigenvalue weighted by molar-refractivity contribution is 0.260. The van der Waals surface area contributed by atoms with Gasteiger partial charge >= 0.3 is 0 Å². The van der Waals surface area contributed by atoms with Crippen LogP contribution in [0.5, 0.6) is 0 Å². The summed E-state index contributed by atoms with van der Waals surface area (Å²) in [7, 11) is 1.16. The van der Waals surface area contributed by atoms with Crippen LogP contribution in [0.1, 0.15) is 22.6 Å². The van der Waals surface area contributed by atoms with Gasteiger partial charge in [-0.2, -0.15) is 0 Å². The van der Waals surface area contributed by atoms with E-state index in [0.717, 1.165) is 25.2 Å².